The van der Waals surface area contributed by atoms with Crippen molar-refractivity contribution in [2.24, 2.45) is 0 Å². The molecule has 3 nitrogen and oxygen atoms in total. The van der Waals surface area contributed by atoms with E-state index in [9.17, 15) is 0 Å². The van der Waals surface area contributed by atoms with Gasteiger partial charge in [0.05, 0.1) is 12.2 Å². The van der Waals surface area contributed by atoms with Crippen LogP contribution in [0.5, 0.6) is 0 Å². The van der Waals surface area contributed by atoms with Gasteiger partial charge in [-0.15, -0.1) is 0 Å². The maximum Gasteiger partial charge on any atom is 0.211 e. The molecule has 1 saturated carbocycles. The van der Waals surface area contributed by atoms with Gasteiger partial charge in [0.25, 0.3) is 0 Å². The molecule has 0 amide bonds. The monoisotopic (exact) mass is 194 g/mol. The summed E-state index contributed by atoms with van der Waals surface area (Å²) in [5.74, 6) is 2.52. The highest BCUT2D eigenvalue weighted by Gasteiger charge is 2.21. The van der Waals surface area contributed by atoms with E-state index in [0.29, 0.717) is 5.92 Å². The van der Waals surface area contributed by atoms with Crippen molar-refractivity contribution in [2.45, 2.75) is 44.6 Å². The van der Waals surface area contributed by atoms with Crippen molar-refractivity contribution in [3.05, 3.63) is 17.8 Å². The van der Waals surface area contributed by atoms with Gasteiger partial charge >= 0.3 is 0 Å². The first-order valence-corrected chi connectivity index (χ1v) is 5.44. The quantitative estimate of drug-likeness (QED) is 0.803. The van der Waals surface area contributed by atoms with Crippen LogP contribution in [0.25, 0.3) is 0 Å². The van der Waals surface area contributed by atoms with Crippen LogP contribution in [0.3, 0.4) is 0 Å². The normalized spacial score (nSPS) is 20.1. The minimum Gasteiger partial charge on any atom is -0.444 e. The van der Waals surface area contributed by atoms with Gasteiger partial charge in [-0.25, -0.2) is 4.98 Å². The van der Waals surface area contributed by atoms with Crippen molar-refractivity contribution in [1.29, 1.82) is 0 Å². The van der Waals surface area contributed by atoms with Crippen LogP contribution in [0.15, 0.2) is 10.6 Å². The number of rotatable bonds is 3. The lowest BCUT2D eigenvalue weighted by Gasteiger charge is -2.05. The summed E-state index contributed by atoms with van der Waals surface area (Å²) >= 11 is 0. The minimum atomic E-state index is 0.213. The van der Waals surface area contributed by atoms with Crippen LogP contribution in [0, 0.1) is 0 Å². The lowest BCUT2D eigenvalue weighted by atomic mass is 10.1. The van der Waals surface area contributed by atoms with E-state index in [1.807, 2.05) is 13.2 Å². The lowest BCUT2D eigenvalue weighted by molar-refractivity contribution is 0.388. The molecule has 0 aromatic carbocycles. The molecule has 1 unspecified atom stereocenters. The van der Waals surface area contributed by atoms with Crippen LogP contribution >= 0.6 is 0 Å². The molecule has 1 aromatic rings. The first-order valence-electron chi connectivity index (χ1n) is 5.44. The van der Waals surface area contributed by atoms with Crippen LogP contribution in [0.1, 0.15) is 56.2 Å². The molecule has 0 aliphatic heterocycles. The van der Waals surface area contributed by atoms with Crippen LogP contribution in [0.2, 0.25) is 0 Å². The molecule has 0 spiro atoms. The molecular weight excluding hydrogens is 176 g/mol. The number of nitrogens with one attached hydrogen (secondary N) is 1. The Balaban J connectivity index is 2.08. The van der Waals surface area contributed by atoms with E-state index >= 15 is 0 Å². The maximum atomic E-state index is 5.75. The van der Waals surface area contributed by atoms with E-state index < -0.39 is 0 Å². The average Bonchev–Trinajstić information content (AvgIpc) is 2.86. The van der Waals surface area contributed by atoms with Crippen molar-refractivity contribution < 1.29 is 4.42 Å². The van der Waals surface area contributed by atoms with Gasteiger partial charge in [-0.3, -0.25) is 0 Å². The van der Waals surface area contributed by atoms with Crippen LogP contribution in [0.4, 0.5) is 0 Å². The summed E-state index contributed by atoms with van der Waals surface area (Å²) in [7, 11) is 1.92. The summed E-state index contributed by atoms with van der Waals surface area (Å²) in [6, 6.07) is 0.213. The molecular formula is C11H18N2O. The Kier molecular flexibility index (Phi) is 2.87. The van der Waals surface area contributed by atoms with Crippen LogP contribution < -0.4 is 5.32 Å². The fourth-order valence-electron chi connectivity index (χ4n) is 2.02. The molecule has 0 bridgehead atoms. The Bertz CT molecular complexity index is 289. The smallest absolute Gasteiger partial charge is 0.211 e. The Hall–Kier alpha value is -0.830. The molecule has 3 heteroatoms. The molecule has 1 aromatic heterocycles. The molecule has 1 fully saturated rings. The van der Waals surface area contributed by atoms with Gasteiger partial charge in [0.15, 0.2) is 0 Å². The third-order valence-corrected chi connectivity index (χ3v) is 3.10. The zero-order chi connectivity index (χ0) is 9.97. The topological polar surface area (TPSA) is 38.1 Å². The van der Waals surface area contributed by atoms with Crippen molar-refractivity contribution in [1.82, 2.24) is 10.3 Å². The van der Waals surface area contributed by atoms with Crippen LogP contribution in [-0.4, -0.2) is 12.0 Å². The van der Waals surface area contributed by atoms with Gasteiger partial charge < -0.3 is 9.73 Å². The van der Waals surface area contributed by atoms with Gasteiger partial charge in [0.1, 0.15) is 5.76 Å². The summed E-state index contributed by atoms with van der Waals surface area (Å²) in [5.41, 5.74) is 0. The molecule has 1 aliphatic carbocycles. The molecule has 0 radical (unpaired) electrons. The van der Waals surface area contributed by atoms with Gasteiger partial charge in [-0.05, 0) is 26.8 Å². The SMILES string of the molecule is CNC(C)c1ncc(C2CCCC2)o1. The predicted octanol–water partition coefficient (Wildman–Crippen LogP) is 2.61. The summed E-state index contributed by atoms with van der Waals surface area (Å²) in [6.07, 6.45) is 7.11. The van der Waals surface area contributed by atoms with E-state index in [-0.39, 0.29) is 6.04 Å². The Labute approximate surface area is 84.9 Å². The highest BCUT2D eigenvalue weighted by Crippen LogP contribution is 2.34. The highest BCUT2D eigenvalue weighted by atomic mass is 16.4. The summed E-state index contributed by atoms with van der Waals surface area (Å²) in [5, 5.41) is 3.13. The van der Waals surface area contributed by atoms with Crippen LogP contribution in [-0.2, 0) is 0 Å². The Morgan fingerprint density at radius 2 is 2.21 bits per heavy atom. The zero-order valence-electron chi connectivity index (χ0n) is 8.92. The molecule has 2 rings (SSSR count). The summed E-state index contributed by atoms with van der Waals surface area (Å²) in [4.78, 5) is 4.30. The average molecular weight is 194 g/mol. The molecule has 1 N–H and O–H groups in total. The fourth-order valence-corrected chi connectivity index (χ4v) is 2.02. The standard InChI is InChI=1S/C11H18N2O/c1-8(12-2)11-13-7-10(14-11)9-5-3-4-6-9/h7-9,12H,3-6H2,1-2H3. The third kappa shape index (κ3) is 1.82. The number of aromatic nitrogens is 1. The first-order chi connectivity index (χ1) is 6.81. The lowest BCUT2D eigenvalue weighted by Crippen LogP contribution is -2.12. The number of oxazole rings is 1. The highest BCUT2D eigenvalue weighted by molar-refractivity contribution is 5.05. The second kappa shape index (κ2) is 4.13. The van der Waals surface area contributed by atoms with Gasteiger partial charge in [0, 0.05) is 5.92 Å². The van der Waals surface area contributed by atoms with Gasteiger partial charge in [0.2, 0.25) is 5.89 Å². The van der Waals surface area contributed by atoms with Gasteiger partial charge in [-0.1, -0.05) is 12.8 Å². The fraction of sp³-hybridized carbons (Fsp3) is 0.727. The second-order valence-electron chi connectivity index (χ2n) is 4.09. The van der Waals surface area contributed by atoms with E-state index in [2.05, 4.69) is 17.2 Å². The molecule has 1 atom stereocenters. The van der Waals surface area contributed by atoms with Crippen molar-refractivity contribution in [2.75, 3.05) is 7.05 Å². The van der Waals surface area contributed by atoms with E-state index in [0.717, 1.165) is 11.7 Å². The van der Waals surface area contributed by atoms with E-state index in [1.165, 1.54) is 25.7 Å². The number of nitrogens with zero attached hydrogens (tertiary/aromatic N) is 1. The van der Waals surface area contributed by atoms with Gasteiger partial charge in [-0.2, -0.15) is 0 Å². The molecule has 0 saturated heterocycles. The molecule has 78 valence electrons. The maximum absolute atomic E-state index is 5.75. The largest absolute Gasteiger partial charge is 0.444 e. The number of hydrogen-bond donors (Lipinski definition) is 1. The minimum absolute atomic E-state index is 0.213. The molecule has 14 heavy (non-hydrogen) atoms. The molecule has 1 heterocycles. The Morgan fingerprint density at radius 1 is 1.50 bits per heavy atom. The number of hydrogen-bond acceptors (Lipinski definition) is 3. The first kappa shape index (κ1) is 9.71. The van der Waals surface area contributed by atoms with Crippen molar-refractivity contribution >= 4 is 0 Å². The zero-order valence-corrected chi connectivity index (χ0v) is 8.92. The van der Waals surface area contributed by atoms with E-state index in [4.69, 9.17) is 4.42 Å². The summed E-state index contributed by atoms with van der Waals surface area (Å²) in [6.45, 7) is 2.06. The second-order valence-corrected chi connectivity index (χ2v) is 4.09. The predicted molar refractivity (Wildman–Crippen MR) is 55.2 cm³/mol. The summed E-state index contributed by atoms with van der Waals surface area (Å²) < 4.78 is 5.75. The van der Waals surface area contributed by atoms with E-state index in [1.54, 1.807) is 0 Å². The molecule has 1 aliphatic rings. The van der Waals surface area contributed by atoms with Crippen molar-refractivity contribution in [3.63, 3.8) is 0 Å². The Morgan fingerprint density at radius 3 is 2.86 bits per heavy atom. The van der Waals surface area contributed by atoms with Crippen molar-refractivity contribution in [3.8, 4) is 0 Å². The third-order valence-electron chi connectivity index (χ3n) is 3.10.